The molecule has 1 aliphatic carbocycles. The largest absolute Gasteiger partial charge is 0.456 e. The number of ether oxygens (including phenoxy) is 1. The van der Waals surface area contributed by atoms with E-state index in [0.717, 1.165) is 31.4 Å². The number of esters is 1. The summed E-state index contributed by atoms with van der Waals surface area (Å²) in [4.78, 5) is 12.4. The van der Waals surface area contributed by atoms with Crippen LogP contribution in [0.4, 0.5) is 0 Å². The highest BCUT2D eigenvalue weighted by atomic mass is 16.6. The summed E-state index contributed by atoms with van der Waals surface area (Å²) in [6.07, 6.45) is 7.57. The highest BCUT2D eigenvalue weighted by Gasteiger charge is 2.28. The third kappa shape index (κ3) is 5.30. The molecule has 1 aromatic carbocycles. The lowest BCUT2D eigenvalue weighted by molar-refractivity contribution is -0.00243. The first kappa shape index (κ1) is 22.5. The van der Waals surface area contributed by atoms with Crippen LogP contribution in [-0.2, 0) is 23.1 Å². The fourth-order valence-corrected chi connectivity index (χ4v) is 4.04. The molecule has 0 spiro atoms. The molecule has 0 fully saturated rings. The van der Waals surface area contributed by atoms with E-state index in [4.69, 9.17) is 4.74 Å². The van der Waals surface area contributed by atoms with E-state index in [1.165, 1.54) is 30.5 Å². The Hall–Kier alpha value is -2.17. The van der Waals surface area contributed by atoms with E-state index >= 15 is 0 Å². The minimum atomic E-state index is -0.441. The number of fused-ring (bicyclic) bond motifs is 1. The number of carbonyl (C=O) groups excluding carboxylic acids is 1. The van der Waals surface area contributed by atoms with Crippen LogP contribution >= 0.6 is 0 Å². The van der Waals surface area contributed by atoms with Gasteiger partial charge in [-0.25, -0.2) is 9.48 Å². The van der Waals surface area contributed by atoms with E-state index in [0.29, 0.717) is 11.5 Å². The van der Waals surface area contributed by atoms with Gasteiger partial charge in [0.1, 0.15) is 5.60 Å². The standard InChI is InChI=1S/C25H37N3O2/c1-7-25(5,6)30-23(29)19-15-13-18(14-16-19)17-20-11-9-8-10-12-21-22(20)26-27-28(21)24(2,3)4/h13-16,20H,7-12,17H2,1-6H3. The van der Waals surface area contributed by atoms with Crippen molar-refractivity contribution in [1.82, 2.24) is 15.0 Å². The molecular weight excluding hydrogens is 374 g/mol. The number of nitrogens with zero attached hydrogens (tertiary/aromatic N) is 3. The SMILES string of the molecule is CCC(C)(C)OC(=O)c1ccc(CC2CCCCCc3c2nnn3C(C)(C)C)cc1. The zero-order valence-electron chi connectivity index (χ0n) is 19.5. The predicted octanol–water partition coefficient (Wildman–Crippen LogP) is 5.82. The van der Waals surface area contributed by atoms with E-state index < -0.39 is 5.60 Å². The van der Waals surface area contributed by atoms with Gasteiger partial charge in [0.25, 0.3) is 0 Å². The first-order valence-corrected chi connectivity index (χ1v) is 11.4. The summed E-state index contributed by atoms with van der Waals surface area (Å²) in [6.45, 7) is 12.5. The molecule has 1 atom stereocenters. The van der Waals surface area contributed by atoms with Gasteiger partial charge in [-0.2, -0.15) is 0 Å². The van der Waals surface area contributed by atoms with Crippen LogP contribution in [0, 0.1) is 0 Å². The Balaban J connectivity index is 1.78. The molecule has 0 aliphatic heterocycles. The van der Waals surface area contributed by atoms with Crippen LogP contribution in [0.15, 0.2) is 24.3 Å². The van der Waals surface area contributed by atoms with Crippen molar-refractivity contribution in [3.8, 4) is 0 Å². The van der Waals surface area contributed by atoms with Gasteiger partial charge < -0.3 is 4.74 Å². The van der Waals surface area contributed by atoms with Crippen molar-refractivity contribution in [1.29, 1.82) is 0 Å². The van der Waals surface area contributed by atoms with Crippen LogP contribution in [0.5, 0.6) is 0 Å². The maximum absolute atomic E-state index is 12.4. The Morgan fingerprint density at radius 2 is 1.80 bits per heavy atom. The lowest BCUT2D eigenvalue weighted by atomic mass is 9.86. The molecular formula is C25H37N3O2. The van der Waals surface area contributed by atoms with E-state index in [1.54, 1.807) is 0 Å². The Morgan fingerprint density at radius 3 is 2.43 bits per heavy atom. The van der Waals surface area contributed by atoms with Crippen LogP contribution in [0.25, 0.3) is 0 Å². The minimum Gasteiger partial charge on any atom is -0.456 e. The summed E-state index contributed by atoms with van der Waals surface area (Å²) in [5.74, 6) is 0.114. The Morgan fingerprint density at radius 1 is 1.10 bits per heavy atom. The quantitative estimate of drug-likeness (QED) is 0.582. The molecule has 30 heavy (non-hydrogen) atoms. The highest BCUT2D eigenvalue weighted by molar-refractivity contribution is 5.89. The number of carbonyl (C=O) groups is 1. The highest BCUT2D eigenvalue weighted by Crippen LogP contribution is 2.33. The fraction of sp³-hybridized carbons (Fsp3) is 0.640. The summed E-state index contributed by atoms with van der Waals surface area (Å²) < 4.78 is 7.73. The van der Waals surface area contributed by atoms with Gasteiger partial charge in [0, 0.05) is 5.92 Å². The first-order valence-electron chi connectivity index (χ1n) is 11.4. The van der Waals surface area contributed by atoms with Crippen LogP contribution in [0.2, 0.25) is 0 Å². The molecule has 1 unspecified atom stereocenters. The maximum Gasteiger partial charge on any atom is 0.338 e. The van der Waals surface area contributed by atoms with Gasteiger partial charge in [-0.05, 0) is 84.4 Å². The second-order valence-corrected chi connectivity index (χ2v) is 10.2. The molecule has 0 N–H and O–H groups in total. The second kappa shape index (κ2) is 8.91. The predicted molar refractivity (Wildman–Crippen MR) is 120 cm³/mol. The van der Waals surface area contributed by atoms with Crippen molar-refractivity contribution in [3.63, 3.8) is 0 Å². The molecule has 0 radical (unpaired) electrons. The molecule has 2 aromatic rings. The summed E-state index contributed by atoms with van der Waals surface area (Å²) in [6, 6.07) is 7.89. The minimum absolute atomic E-state index is 0.0569. The van der Waals surface area contributed by atoms with E-state index in [1.807, 2.05) is 32.9 Å². The molecule has 1 heterocycles. The molecule has 5 nitrogen and oxygen atoms in total. The van der Waals surface area contributed by atoms with Crippen molar-refractivity contribution >= 4 is 5.97 Å². The Kier molecular flexibility index (Phi) is 6.68. The third-order valence-corrected chi connectivity index (χ3v) is 6.17. The van der Waals surface area contributed by atoms with Gasteiger partial charge in [-0.3, -0.25) is 0 Å². The monoisotopic (exact) mass is 411 g/mol. The molecule has 1 aromatic heterocycles. The van der Waals surface area contributed by atoms with Crippen LogP contribution in [0.3, 0.4) is 0 Å². The van der Waals surface area contributed by atoms with Crippen molar-refractivity contribution in [3.05, 3.63) is 46.8 Å². The van der Waals surface area contributed by atoms with E-state index in [-0.39, 0.29) is 11.5 Å². The van der Waals surface area contributed by atoms with Gasteiger partial charge in [0.15, 0.2) is 0 Å². The van der Waals surface area contributed by atoms with Gasteiger partial charge in [-0.1, -0.05) is 37.1 Å². The maximum atomic E-state index is 12.4. The summed E-state index contributed by atoms with van der Waals surface area (Å²) >= 11 is 0. The topological polar surface area (TPSA) is 57.0 Å². The zero-order chi connectivity index (χ0) is 21.9. The number of aromatic nitrogens is 3. The summed E-state index contributed by atoms with van der Waals surface area (Å²) in [7, 11) is 0. The van der Waals surface area contributed by atoms with Crippen molar-refractivity contribution in [2.24, 2.45) is 0 Å². The van der Waals surface area contributed by atoms with Crippen molar-refractivity contribution in [2.45, 2.75) is 104 Å². The molecule has 0 amide bonds. The van der Waals surface area contributed by atoms with Gasteiger partial charge in [-0.15, -0.1) is 5.10 Å². The van der Waals surface area contributed by atoms with Gasteiger partial charge in [0.05, 0.1) is 22.5 Å². The number of benzene rings is 1. The van der Waals surface area contributed by atoms with Crippen LogP contribution < -0.4 is 0 Å². The average Bonchev–Trinajstić information content (AvgIpc) is 3.08. The summed E-state index contributed by atoms with van der Waals surface area (Å²) in [5, 5.41) is 9.17. The van der Waals surface area contributed by atoms with Crippen molar-refractivity contribution < 1.29 is 9.53 Å². The molecule has 3 rings (SSSR count). The third-order valence-electron chi connectivity index (χ3n) is 6.17. The molecule has 164 valence electrons. The average molecular weight is 412 g/mol. The lowest BCUT2D eigenvalue weighted by Crippen LogP contribution is -2.27. The van der Waals surface area contributed by atoms with Crippen LogP contribution in [-0.4, -0.2) is 26.6 Å². The lowest BCUT2D eigenvalue weighted by Gasteiger charge is -2.25. The zero-order valence-corrected chi connectivity index (χ0v) is 19.5. The smallest absolute Gasteiger partial charge is 0.338 e. The Bertz CT molecular complexity index is 860. The molecule has 0 bridgehead atoms. The van der Waals surface area contributed by atoms with Gasteiger partial charge in [0.2, 0.25) is 0 Å². The fourth-order valence-electron chi connectivity index (χ4n) is 4.04. The number of hydrogen-bond donors (Lipinski definition) is 0. The first-order chi connectivity index (χ1) is 14.1. The van der Waals surface area contributed by atoms with Crippen molar-refractivity contribution in [2.75, 3.05) is 0 Å². The van der Waals surface area contributed by atoms with E-state index in [9.17, 15) is 4.79 Å². The summed E-state index contributed by atoms with van der Waals surface area (Å²) in [5.41, 5.74) is 3.80. The molecule has 5 heteroatoms. The number of hydrogen-bond acceptors (Lipinski definition) is 4. The molecule has 0 saturated carbocycles. The van der Waals surface area contributed by atoms with E-state index in [2.05, 4.69) is 47.9 Å². The normalized spacial score (nSPS) is 17.7. The number of rotatable bonds is 5. The van der Waals surface area contributed by atoms with Crippen LogP contribution in [0.1, 0.15) is 107 Å². The molecule has 1 aliphatic rings. The second-order valence-electron chi connectivity index (χ2n) is 10.2. The molecule has 0 saturated heterocycles. The van der Waals surface area contributed by atoms with Gasteiger partial charge >= 0.3 is 5.97 Å². The Labute approximate surface area is 181 Å².